The van der Waals surface area contributed by atoms with E-state index in [4.69, 9.17) is 0 Å². The number of carbonyl (C=O) groups excluding carboxylic acids is 1. The van der Waals surface area contributed by atoms with Gasteiger partial charge >= 0.3 is 5.97 Å². The van der Waals surface area contributed by atoms with Gasteiger partial charge in [0, 0.05) is 5.33 Å². The van der Waals surface area contributed by atoms with Crippen molar-refractivity contribution < 1.29 is 14.6 Å². The monoisotopic (exact) mass is 272 g/mol. The molecule has 1 aromatic carbocycles. The largest absolute Gasteiger partial charge is 0.465 e. The number of carbonyl (C=O) groups is 1. The molecule has 4 heteroatoms. The Morgan fingerprint density at radius 3 is 2.73 bits per heavy atom. The lowest BCUT2D eigenvalue weighted by molar-refractivity contribution is 0.0599. The van der Waals surface area contributed by atoms with Crippen molar-refractivity contribution in [3.63, 3.8) is 0 Å². The second-order valence-electron chi connectivity index (χ2n) is 3.24. The number of esters is 1. The number of rotatable bonds is 3. The summed E-state index contributed by atoms with van der Waals surface area (Å²) in [4.78, 5) is 11.3. The number of methoxy groups -OCH3 is 1. The normalized spacial score (nSPS) is 12.3. The zero-order valence-electron chi connectivity index (χ0n) is 8.66. The first-order chi connectivity index (χ1) is 7.10. The molecule has 0 aliphatic rings. The molecule has 1 atom stereocenters. The van der Waals surface area contributed by atoms with E-state index in [1.807, 2.05) is 6.92 Å². The van der Waals surface area contributed by atoms with Gasteiger partial charge in [0.25, 0.3) is 0 Å². The molecule has 0 bridgehead atoms. The third-order valence-corrected chi connectivity index (χ3v) is 2.80. The standard InChI is InChI=1S/C11H13BrO3/c1-7-5-8(10(13)6-12)3-4-9(7)11(14)15-2/h3-5,10,13H,6H2,1-2H3. The van der Waals surface area contributed by atoms with E-state index in [0.717, 1.165) is 11.1 Å². The molecule has 0 spiro atoms. The molecule has 0 fully saturated rings. The first-order valence-corrected chi connectivity index (χ1v) is 5.65. The molecule has 1 aromatic rings. The predicted octanol–water partition coefficient (Wildman–Crippen LogP) is 2.21. The van der Waals surface area contributed by atoms with Crippen LogP contribution >= 0.6 is 15.9 Å². The average Bonchev–Trinajstić information content (AvgIpc) is 2.26. The number of benzene rings is 1. The molecule has 3 nitrogen and oxygen atoms in total. The van der Waals surface area contributed by atoms with Gasteiger partial charge in [-0.15, -0.1) is 0 Å². The van der Waals surface area contributed by atoms with Crippen LogP contribution in [-0.2, 0) is 4.74 Å². The molecule has 0 aliphatic heterocycles. The number of hydrogen-bond acceptors (Lipinski definition) is 3. The smallest absolute Gasteiger partial charge is 0.338 e. The Labute approximate surface area is 97.2 Å². The van der Waals surface area contributed by atoms with Crippen molar-refractivity contribution in [1.29, 1.82) is 0 Å². The highest BCUT2D eigenvalue weighted by Crippen LogP contribution is 2.19. The first-order valence-electron chi connectivity index (χ1n) is 4.53. The molecule has 1 rings (SSSR count). The molecule has 0 aromatic heterocycles. The highest BCUT2D eigenvalue weighted by atomic mass is 79.9. The van der Waals surface area contributed by atoms with E-state index in [9.17, 15) is 9.90 Å². The molecule has 1 N–H and O–H groups in total. The lowest BCUT2D eigenvalue weighted by atomic mass is 10.0. The lowest BCUT2D eigenvalue weighted by Gasteiger charge is -2.10. The maximum atomic E-state index is 11.3. The molecule has 0 saturated heterocycles. The summed E-state index contributed by atoms with van der Waals surface area (Å²) in [5, 5.41) is 10.1. The molecular weight excluding hydrogens is 260 g/mol. The number of hydrogen-bond donors (Lipinski definition) is 1. The molecule has 0 heterocycles. The third-order valence-electron chi connectivity index (χ3n) is 2.19. The molecule has 0 amide bonds. The quantitative estimate of drug-likeness (QED) is 0.678. The van der Waals surface area contributed by atoms with Crippen LogP contribution in [0, 0.1) is 6.92 Å². The maximum absolute atomic E-state index is 11.3. The molecular formula is C11H13BrO3. The van der Waals surface area contributed by atoms with Crippen molar-refractivity contribution >= 4 is 21.9 Å². The zero-order chi connectivity index (χ0) is 11.4. The van der Waals surface area contributed by atoms with Gasteiger partial charge in [-0.2, -0.15) is 0 Å². The highest BCUT2D eigenvalue weighted by Gasteiger charge is 2.12. The minimum Gasteiger partial charge on any atom is -0.465 e. The van der Waals surface area contributed by atoms with Crippen molar-refractivity contribution in [2.75, 3.05) is 12.4 Å². The van der Waals surface area contributed by atoms with Gasteiger partial charge in [-0.25, -0.2) is 4.79 Å². The summed E-state index contributed by atoms with van der Waals surface area (Å²) in [5.41, 5.74) is 2.12. The van der Waals surface area contributed by atoms with E-state index in [1.54, 1.807) is 18.2 Å². The van der Waals surface area contributed by atoms with Crippen LogP contribution in [-0.4, -0.2) is 23.5 Å². The van der Waals surface area contributed by atoms with Crippen LogP contribution in [0.4, 0.5) is 0 Å². The number of alkyl halides is 1. The van der Waals surface area contributed by atoms with Crippen LogP contribution in [0.3, 0.4) is 0 Å². The Bertz CT molecular complexity index is 363. The van der Waals surface area contributed by atoms with Crippen molar-refractivity contribution in [1.82, 2.24) is 0 Å². The SMILES string of the molecule is COC(=O)c1ccc(C(O)CBr)cc1C. The van der Waals surface area contributed by atoms with E-state index < -0.39 is 6.10 Å². The average molecular weight is 273 g/mol. The van der Waals surface area contributed by atoms with Crippen LogP contribution in [0.5, 0.6) is 0 Å². The summed E-state index contributed by atoms with van der Waals surface area (Å²) >= 11 is 3.20. The Hall–Kier alpha value is -0.870. The Balaban J connectivity index is 3.03. The molecule has 82 valence electrons. The van der Waals surface area contributed by atoms with Crippen LogP contribution in [0.1, 0.15) is 27.6 Å². The molecule has 15 heavy (non-hydrogen) atoms. The van der Waals surface area contributed by atoms with Gasteiger partial charge in [-0.1, -0.05) is 28.1 Å². The van der Waals surface area contributed by atoms with Gasteiger partial charge in [0.15, 0.2) is 0 Å². The van der Waals surface area contributed by atoms with Crippen LogP contribution in [0.15, 0.2) is 18.2 Å². The predicted molar refractivity (Wildman–Crippen MR) is 61.3 cm³/mol. The summed E-state index contributed by atoms with van der Waals surface area (Å²) in [7, 11) is 1.35. The fourth-order valence-electron chi connectivity index (χ4n) is 1.32. The second-order valence-corrected chi connectivity index (χ2v) is 3.88. The number of halogens is 1. The molecule has 1 unspecified atom stereocenters. The van der Waals surface area contributed by atoms with Gasteiger partial charge in [-0.05, 0) is 24.1 Å². The summed E-state index contributed by atoms with van der Waals surface area (Å²) in [6, 6.07) is 5.19. The van der Waals surface area contributed by atoms with Crippen molar-refractivity contribution in [3.8, 4) is 0 Å². The fraction of sp³-hybridized carbons (Fsp3) is 0.364. The summed E-state index contributed by atoms with van der Waals surface area (Å²) < 4.78 is 4.63. The molecule has 0 aliphatic carbocycles. The second kappa shape index (κ2) is 5.28. The summed E-state index contributed by atoms with van der Waals surface area (Å²) in [5.74, 6) is -0.354. The van der Waals surface area contributed by atoms with Gasteiger partial charge in [0.05, 0.1) is 18.8 Å². The first kappa shape index (κ1) is 12.2. The number of aliphatic hydroxyl groups is 1. The van der Waals surface area contributed by atoms with Gasteiger partial charge < -0.3 is 9.84 Å². The van der Waals surface area contributed by atoms with Crippen molar-refractivity contribution in [2.24, 2.45) is 0 Å². The Morgan fingerprint density at radius 1 is 1.60 bits per heavy atom. The maximum Gasteiger partial charge on any atom is 0.338 e. The summed E-state index contributed by atoms with van der Waals surface area (Å²) in [6.07, 6.45) is -0.546. The molecule has 0 saturated carbocycles. The van der Waals surface area contributed by atoms with E-state index in [-0.39, 0.29) is 5.97 Å². The Morgan fingerprint density at radius 2 is 2.27 bits per heavy atom. The molecule has 0 radical (unpaired) electrons. The Kier molecular flexibility index (Phi) is 4.29. The van der Waals surface area contributed by atoms with Gasteiger partial charge in [0.2, 0.25) is 0 Å². The summed E-state index contributed by atoms with van der Waals surface area (Å²) in [6.45, 7) is 1.82. The fourth-order valence-corrected chi connectivity index (χ4v) is 1.70. The third kappa shape index (κ3) is 2.79. The highest BCUT2D eigenvalue weighted by molar-refractivity contribution is 9.09. The number of aliphatic hydroxyl groups excluding tert-OH is 1. The topological polar surface area (TPSA) is 46.5 Å². The van der Waals surface area contributed by atoms with Crippen molar-refractivity contribution in [2.45, 2.75) is 13.0 Å². The van der Waals surface area contributed by atoms with Crippen LogP contribution in [0.25, 0.3) is 0 Å². The number of ether oxygens (including phenoxy) is 1. The van der Waals surface area contributed by atoms with Gasteiger partial charge in [0.1, 0.15) is 0 Å². The van der Waals surface area contributed by atoms with Crippen LogP contribution < -0.4 is 0 Å². The van der Waals surface area contributed by atoms with Crippen LogP contribution in [0.2, 0.25) is 0 Å². The van der Waals surface area contributed by atoms with E-state index in [2.05, 4.69) is 20.7 Å². The van der Waals surface area contributed by atoms with Gasteiger partial charge in [-0.3, -0.25) is 0 Å². The minimum absolute atomic E-state index is 0.354. The zero-order valence-corrected chi connectivity index (χ0v) is 10.2. The van der Waals surface area contributed by atoms with Crippen molar-refractivity contribution in [3.05, 3.63) is 34.9 Å². The van der Waals surface area contributed by atoms with E-state index in [0.29, 0.717) is 10.9 Å². The lowest BCUT2D eigenvalue weighted by Crippen LogP contribution is -2.06. The van der Waals surface area contributed by atoms with E-state index in [1.165, 1.54) is 7.11 Å². The minimum atomic E-state index is -0.546. The number of aryl methyl sites for hydroxylation is 1. The van der Waals surface area contributed by atoms with E-state index >= 15 is 0 Å².